The average molecular weight is 277 g/mol. The number of anilines is 3. The Kier molecular flexibility index (Phi) is 4.16. The summed E-state index contributed by atoms with van der Waals surface area (Å²) in [5, 5.41) is 16.1. The van der Waals surface area contributed by atoms with Crippen molar-refractivity contribution < 1.29 is 14.6 Å². The fourth-order valence-corrected chi connectivity index (χ4v) is 1.63. The van der Waals surface area contributed by atoms with E-state index in [1.54, 1.807) is 24.2 Å². The monoisotopic (exact) mass is 277 g/mol. The standard InChI is InChI=1S/C12H15N5O3/c1-20-5-4-17-7-8(6-15-17)16-11-10(13)9(12(18)19)2-3-14-11/h2-3,6-7H,4-5,13H2,1H3,(H,14,16)(H,18,19). The van der Waals surface area contributed by atoms with Crippen molar-refractivity contribution in [3.8, 4) is 0 Å². The summed E-state index contributed by atoms with van der Waals surface area (Å²) >= 11 is 0. The number of ether oxygens (including phenoxy) is 1. The van der Waals surface area contributed by atoms with E-state index in [4.69, 9.17) is 15.6 Å². The van der Waals surface area contributed by atoms with E-state index in [0.717, 1.165) is 0 Å². The number of hydrogen-bond acceptors (Lipinski definition) is 6. The Balaban J connectivity index is 2.16. The number of carboxylic acid groups (broad SMARTS) is 1. The second-order valence-electron chi connectivity index (χ2n) is 4.04. The first-order valence-electron chi connectivity index (χ1n) is 5.88. The van der Waals surface area contributed by atoms with Crippen molar-refractivity contribution in [3.05, 3.63) is 30.2 Å². The molecule has 0 spiro atoms. The topological polar surface area (TPSA) is 115 Å². The predicted octanol–water partition coefficient (Wildman–Crippen LogP) is 0.948. The summed E-state index contributed by atoms with van der Waals surface area (Å²) in [6.45, 7) is 1.17. The van der Waals surface area contributed by atoms with E-state index in [2.05, 4.69) is 15.4 Å². The van der Waals surface area contributed by atoms with Crippen LogP contribution in [0.5, 0.6) is 0 Å². The number of nitrogens with zero attached hydrogens (tertiary/aromatic N) is 3. The quantitative estimate of drug-likeness (QED) is 0.719. The Morgan fingerprint density at radius 2 is 2.40 bits per heavy atom. The number of aromatic nitrogens is 3. The fraction of sp³-hybridized carbons (Fsp3) is 0.250. The Morgan fingerprint density at radius 1 is 1.60 bits per heavy atom. The first-order valence-corrected chi connectivity index (χ1v) is 5.88. The van der Waals surface area contributed by atoms with Gasteiger partial charge in [0.2, 0.25) is 0 Å². The minimum atomic E-state index is -1.09. The van der Waals surface area contributed by atoms with Gasteiger partial charge >= 0.3 is 5.97 Å². The first kappa shape index (κ1) is 13.8. The number of rotatable bonds is 6. The first-order chi connectivity index (χ1) is 9.61. The summed E-state index contributed by atoms with van der Waals surface area (Å²) < 4.78 is 6.65. The fourth-order valence-electron chi connectivity index (χ4n) is 1.63. The van der Waals surface area contributed by atoms with Crippen molar-refractivity contribution in [2.45, 2.75) is 6.54 Å². The van der Waals surface area contributed by atoms with Crippen LogP contribution < -0.4 is 11.1 Å². The van der Waals surface area contributed by atoms with Crippen LogP contribution in [0.1, 0.15) is 10.4 Å². The van der Waals surface area contributed by atoms with Gasteiger partial charge in [-0.15, -0.1) is 0 Å². The third-order valence-electron chi connectivity index (χ3n) is 2.64. The number of pyridine rings is 1. The van der Waals surface area contributed by atoms with E-state index in [9.17, 15) is 4.79 Å². The van der Waals surface area contributed by atoms with Crippen molar-refractivity contribution in [2.24, 2.45) is 0 Å². The molecule has 0 saturated carbocycles. The van der Waals surface area contributed by atoms with Gasteiger partial charge in [-0.25, -0.2) is 9.78 Å². The highest BCUT2D eigenvalue weighted by atomic mass is 16.5. The molecule has 0 atom stereocenters. The molecule has 2 aromatic rings. The molecule has 0 fully saturated rings. The molecule has 0 bridgehead atoms. The van der Waals surface area contributed by atoms with Crippen molar-refractivity contribution in [2.75, 3.05) is 24.8 Å². The highest BCUT2D eigenvalue weighted by molar-refractivity contribution is 5.96. The number of carboxylic acids is 1. The molecule has 0 radical (unpaired) electrons. The molecule has 4 N–H and O–H groups in total. The van der Waals surface area contributed by atoms with Gasteiger partial charge in [-0.1, -0.05) is 0 Å². The van der Waals surface area contributed by atoms with Crippen LogP contribution in [0.25, 0.3) is 0 Å². The Morgan fingerprint density at radius 3 is 3.10 bits per heavy atom. The second kappa shape index (κ2) is 6.02. The zero-order valence-corrected chi connectivity index (χ0v) is 10.9. The minimum absolute atomic E-state index is 0.00859. The summed E-state index contributed by atoms with van der Waals surface area (Å²) in [5.74, 6) is -0.806. The highest BCUT2D eigenvalue weighted by Gasteiger charge is 2.12. The molecular weight excluding hydrogens is 262 g/mol. The van der Waals surface area contributed by atoms with Crippen molar-refractivity contribution in [3.63, 3.8) is 0 Å². The Hall–Kier alpha value is -2.61. The number of nitrogens with two attached hydrogens (primary N) is 1. The molecule has 8 heteroatoms. The SMILES string of the molecule is COCCn1cc(Nc2nccc(C(=O)O)c2N)cn1. The van der Waals surface area contributed by atoms with Gasteiger partial charge in [0.15, 0.2) is 5.82 Å². The van der Waals surface area contributed by atoms with E-state index < -0.39 is 5.97 Å². The maximum Gasteiger partial charge on any atom is 0.337 e. The summed E-state index contributed by atoms with van der Waals surface area (Å²) in [6.07, 6.45) is 4.75. The van der Waals surface area contributed by atoms with Gasteiger partial charge < -0.3 is 20.9 Å². The van der Waals surface area contributed by atoms with Gasteiger partial charge in [-0.05, 0) is 6.07 Å². The number of nitrogen functional groups attached to an aromatic ring is 1. The normalized spacial score (nSPS) is 10.4. The van der Waals surface area contributed by atoms with Crippen LogP contribution in [-0.4, -0.2) is 39.6 Å². The van der Waals surface area contributed by atoms with Crippen LogP contribution in [0, 0.1) is 0 Å². The molecule has 0 aliphatic heterocycles. The number of nitrogens with one attached hydrogen (secondary N) is 1. The lowest BCUT2D eigenvalue weighted by Crippen LogP contribution is -2.07. The van der Waals surface area contributed by atoms with Crippen molar-refractivity contribution in [1.29, 1.82) is 0 Å². The molecule has 0 aliphatic carbocycles. The van der Waals surface area contributed by atoms with Crippen LogP contribution in [0.4, 0.5) is 17.2 Å². The summed E-state index contributed by atoms with van der Waals surface area (Å²) in [5.41, 5.74) is 6.53. The molecule has 0 saturated heterocycles. The molecule has 0 unspecified atom stereocenters. The van der Waals surface area contributed by atoms with Crippen molar-refractivity contribution in [1.82, 2.24) is 14.8 Å². The van der Waals surface area contributed by atoms with Gasteiger partial charge in [-0.3, -0.25) is 4.68 Å². The Labute approximate surface area is 115 Å². The molecule has 20 heavy (non-hydrogen) atoms. The van der Waals surface area contributed by atoms with Crippen LogP contribution in [0.3, 0.4) is 0 Å². The smallest absolute Gasteiger partial charge is 0.337 e. The lowest BCUT2D eigenvalue weighted by atomic mass is 10.2. The zero-order valence-electron chi connectivity index (χ0n) is 10.9. The summed E-state index contributed by atoms with van der Waals surface area (Å²) in [6, 6.07) is 1.35. The highest BCUT2D eigenvalue weighted by Crippen LogP contribution is 2.23. The lowest BCUT2D eigenvalue weighted by Gasteiger charge is -2.08. The van der Waals surface area contributed by atoms with Gasteiger partial charge in [-0.2, -0.15) is 5.10 Å². The molecule has 0 aromatic carbocycles. The number of hydrogen-bond donors (Lipinski definition) is 3. The second-order valence-corrected chi connectivity index (χ2v) is 4.04. The van der Waals surface area contributed by atoms with E-state index in [1.807, 2.05) is 0 Å². The third-order valence-corrected chi connectivity index (χ3v) is 2.64. The van der Waals surface area contributed by atoms with E-state index >= 15 is 0 Å². The van der Waals surface area contributed by atoms with Crippen LogP contribution in [0.2, 0.25) is 0 Å². The molecule has 106 valence electrons. The summed E-state index contributed by atoms with van der Waals surface area (Å²) in [4.78, 5) is 15.0. The van der Waals surface area contributed by atoms with Gasteiger partial charge in [0, 0.05) is 19.5 Å². The van der Waals surface area contributed by atoms with Gasteiger partial charge in [0.25, 0.3) is 0 Å². The van der Waals surface area contributed by atoms with E-state index in [-0.39, 0.29) is 17.1 Å². The molecule has 2 rings (SSSR count). The number of carbonyl (C=O) groups is 1. The zero-order chi connectivity index (χ0) is 14.5. The predicted molar refractivity (Wildman–Crippen MR) is 73.0 cm³/mol. The molecule has 0 aliphatic rings. The largest absolute Gasteiger partial charge is 0.478 e. The molecule has 2 aromatic heterocycles. The minimum Gasteiger partial charge on any atom is -0.478 e. The Bertz CT molecular complexity index is 611. The van der Waals surface area contributed by atoms with Gasteiger partial charge in [0.05, 0.1) is 36.3 Å². The number of aromatic carboxylic acids is 1. The molecule has 2 heterocycles. The third kappa shape index (κ3) is 3.04. The maximum atomic E-state index is 11.0. The van der Waals surface area contributed by atoms with Crippen LogP contribution in [0.15, 0.2) is 24.7 Å². The molecule has 0 amide bonds. The number of methoxy groups -OCH3 is 1. The molecule has 8 nitrogen and oxygen atoms in total. The van der Waals surface area contributed by atoms with Gasteiger partial charge in [0.1, 0.15) is 0 Å². The molecular formula is C12H15N5O3. The summed E-state index contributed by atoms with van der Waals surface area (Å²) in [7, 11) is 1.62. The van der Waals surface area contributed by atoms with E-state index in [1.165, 1.54) is 12.3 Å². The maximum absolute atomic E-state index is 11.0. The lowest BCUT2D eigenvalue weighted by molar-refractivity contribution is 0.0698. The van der Waals surface area contributed by atoms with E-state index in [0.29, 0.717) is 18.8 Å². The van der Waals surface area contributed by atoms with Crippen molar-refractivity contribution >= 4 is 23.2 Å². The average Bonchev–Trinajstić information content (AvgIpc) is 2.86. The van der Waals surface area contributed by atoms with Crippen LogP contribution >= 0.6 is 0 Å². The van der Waals surface area contributed by atoms with Crippen LogP contribution in [-0.2, 0) is 11.3 Å².